The summed E-state index contributed by atoms with van der Waals surface area (Å²) in [4.78, 5) is 29.2. The highest BCUT2D eigenvalue weighted by molar-refractivity contribution is 6.30. The Balaban J connectivity index is 1.73. The second-order valence-electron chi connectivity index (χ2n) is 8.86. The fourth-order valence-corrected chi connectivity index (χ4v) is 4.90. The minimum atomic E-state index is -0.575. The number of nitrogens with zero attached hydrogens (tertiary/aromatic N) is 3. The Morgan fingerprint density at radius 3 is 2.00 bits per heavy atom. The SMILES string of the molecule is CN(C(=O)C(c1ccc(Cl)cc1)c1ccc(Cl)cc1)C(CN1CCCC1)c1cccc([N+](=O)[O-])c1. The van der Waals surface area contributed by atoms with Crippen LogP contribution in [0.5, 0.6) is 0 Å². The zero-order chi connectivity index (χ0) is 24.9. The molecule has 1 aliphatic heterocycles. The molecule has 1 unspecified atom stereocenters. The molecule has 1 atom stereocenters. The van der Waals surface area contributed by atoms with Gasteiger partial charge in [0.25, 0.3) is 5.69 Å². The molecule has 0 spiro atoms. The molecule has 0 aromatic heterocycles. The van der Waals surface area contributed by atoms with Crippen molar-refractivity contribution in [3.8, 4) is 0 Å². The van der Waals surface area contributed by atoms with Gasteiger partial charge in [-0.15, -0.1) is 0 Å². The summed E-state index contributed by atoms with van der Waals surface area (Å²) >= 11 is 12.2. The molecule has 6 nitrogen and oxygen atoms in total. The minimum absolute atomic E-state index is 0.0155. The summed E-state index contributed by atoms with van der Waals surface area (Å²) in [5.41, 5.74) is 2.38. The van der Waals surface area contributed by atoms with E-state index in [1.165, 1.54) is 6.07 Å². The highest BCUT2D eigenvalue weighted by Gasteiger charge is 2.32. The van der Waals surface area contributed by atoms with Crippen LogP contribution < -0.4 is 0 Å². The molecule has 1 fully saturated rings. The van der Waals surface area contributed by atoms with Gasteiger partial charge in [-0.25, -0.2) is 0 Å². The van der Waals surface area contributed by atoms with E-state index >= 15 is 0 Å². The average molecular weight is 512 g/mol. The molecule has 4 rings (SSSR count). The van der Waals surface area contributed by atoms with Crippen LogP contribution in [0.1, 0.15) is 41.5 Å². The highest BCUT2D eigenvalue weighted by atomic mass is 35.5. The molecular weight excluding hydrogens is 485 g/mol. The van der Waals surface area contributed by atoms with Gasteiger partial charge in [-0.3, -0.25) is 14.9 Å². The molecule has 8 heteroatoms. The Bertz CT molecular complexity index is 1130. The van der Waals surface area contributed by atoms with Gasteiger partial charge in [0.2, 0.25) is 5.91 Å². The molecule has 3 aromatic rings. The third-order valence-electron chi connectivity index (χ3n) is 6.56. The van der Waals surface area contributed by atoms with Gasteiger partial charge < -0.3 is 9.80 Å². The first-order valence-corrected chi connectivity index (χ1v) is 12.3. The number of nitro benzene ring substituents is 1. The van der Waals surface area contributed by atoms with Crippen LogP contribution in [0.15, 0.2) is 72.8 Å². The van der Waals surface area contributed by atoms with E-state index in [1.54, 1.807) is 48.3 Å². The number of likely N-dealkylation sites (tertiary alicyclic amines) is 1. The minimum Gasteiger partial charge on any atom is -0.337 e. The lowest BCUT2D eigenvalue weighted by Gasteiger charge is -2.34. The molecule has 0 saturated carbocycles. The molecule has 0 bridgehead atoms. The first kappa shape index (κ1) is 25.2. The van der Waals surface area contributed by atoms with E-state index in [0.717, 1.165) is 42.6 Å². The number of hydrogen-bond donors (Lipinski definition) is 0. The summed E-state index contributed by atoms with van der Waals surface area (Å²) in [7, 11) is 1.78. The van der Waals surface area contributed by atoms with Crippen LogP contribution in [0.4, 0.5) is 5.69 Å². The number of hydrogen-bond acceptors (Lipinski definition) is 4. The van der Waals surface area contributed by atoms with Crippen molar-refractivity contribution in [1.29, 1.82) is 0 Å². The van der Waals surface area contributed by atoms with Crippen LogP contribution in [0.3, 0.4) is 0 Å². The fraction of sp³-hybridized carbons (Fsp3) is 0.296. The molecule has 1 saturated heterocycles. The Morgan fingerprint density at radius 2 is 1.49 bits per heavy atom. The van der Waals surface area contributed by atoms with Gasteiger partial charge in [-0.05, 0) is 66.9 Å². The largest absolute Gasteiger partial charge is 0.337 e. The summed E-state index contributed by atoms with van der Waals surface area (Å²) in [6.07, 6.45) is 2.22. The van der Waals surface area contributed by atoms with Crippen molar-refractivity contribution in [1.82, 2.24) is 9.80 Å². The summed E-state index contributed by atoms with van der Waals surface area (Å²) in [6.45, 7) is 2.51. The maximum Gasteiger partial charge on any atom is 0.269 e. The van der Waals surface area contributed by atoms with E-state index in [-0.39, 0.29) is 17.6 Å². The van der Waals surface area contributed by atoms with Crippen molar-refractivity contribution < 1.29 is 9.72 Å². The number of carbonyl (C=O) groups is 1. The van der Waals surface area contributed by atoms with Crippen LogP contribution >= 0.6 is 23.2 Å². The number of halogens is 2. The quantitative estimate of drug-likeness (QED) is 0.261. The monoisotopic (exact) mass is 511 g/mol. The predicted molar refractivity (Wildman–Crippen MR) is 139 cm³/mol. The lowest BCUT2D eigenvalue weighted by atomic mass is 9.89. The van der Waals surface area contributed by atoms with Crippen LogP contribution in [-0.2, 0) is 4.79 Å². The summed E-state index contributed by atoms with van der Waals surface area (Å²) in [5.74, 6) is -0.681. The molecule has 1 amide bonds. The molecular formula is C27H27Cl2N3O3. The van der Waals surface area contributed by atoms with E-state index in [4.69, 9.17) is 23.2 Å². The van der Waals surface area contributed by atoms with Crippen LogP contribution in [0.25, 0.3) is 0 Å². The number of non-ortho nitro benzene ring substituents is 1. The molecule has 182 valence electrons. The summed E-state index contributed by atoms with van der Waals surface area (Å²) < 4.78 is 0. The van der Waals surface area contributed by atoms with Gasteiger partial charge in [0.1, 0.15) is 0 Å². The normalized spacial score (nSPS) is 14.7. The van der Waals surface area contributed by atoms with Crippen LogP contribution in [-0.4, -0.2) is 47.3 Å². The third-order valence-corrected chi connectivity index (χ3v) is 7.07. The number of carbonyl (C=O) groups excluding carboxylic acids is 1. The molecule has 0 radical (unpaired) electrons. The maximum atomic E-state index is 14.1. The molecule has 1 heterocycles. The van der Waals surface area contributed by atoms with Gasteiger partial charge in [0.15, 0.2) is 0 Å². The Hall–Kier alpha value is -2.93. The van der Waals surface area contributed by atoms with E-state index in [0.29, 0.717) is 16.6 Å². The van der Waals surface area contributed by atoms with Gasteiger partial charge in [0, 0.05) is 35.8 Å². The van der Waals surface area contributed by atoms with Crippen molar-refractivity contribution in [3.63, 3.8) is 0 Å². The Kier molecular flexibility index (Phi) is 8.06. The van der Waals surface area contributed by atoms with Gasteiger partial charge in [-0.2, -0.15) is 0 Å². The number of likely N-dealkylation sites (N-methyl/N-ethyl adjacent to an activating group) is 1. The standard InChI is InChI=1S/C27H27Cl2N3O3/c1-30(25(18-31-15-2-3-16-31)21-5-4-6-24(17-21)32(34)35)27(33)26(19-7-11-22(28)12-8-19)20-9-13-23(29)14-10-20/h4-14,17,25-26H,2-3,15-16,18H2,1H3. The second kappa shape index (κ2) is 11.2. The molecule has 0 aliphatic carbocycles. The topological polar surface area (TPSA) is 66.7 Å². The molecule has 3 aromatic carbocycles. The van der Waals surface area contributed by atoms with E-state index < -0.39 is 10.8 Å². The van der Waals surface area contributed by atoms with E-state index in [2.05, 4.69) is 4.90 Å². The number of amides is 1. The van der Waals surface area contributed by atoms with Gasteiger partial charge >= 0.3 is 0 Å². The van der Waals surface area contributed by atoms with E-state index in [9.17, 15) is 14.9 Å². The first-order valence-electron chi connectivity index (χ1n) is 11.6. The van der Waals surface area contributed by atoms with Crippen LogP contribution in [0, 0.1) is 10.1 Å². The average Bonchev–Trinajstić information content (AvgIpc) is 3.38. The zero-order valence-electron chi connectivity index (χ0n) is 19.4. The van der Waals surface area contributed by atoms with E-state index in [1.807, 2.05) is 30.3 Å². The third kappa shape index (κ3) is 6.01. The molecule has 0 N–H and O–H groups in total. The molecule has 35 heavy (non-hydrogen) atoms. The maximum absolute atomic E-state index is 14.1. The second-order valence-corrected chi connectivity index (χ2v) is 9.73. The van der Waals surface area contributed by atoms with Gasteiger partial charge in [-0.1, -0.05) is 59.6 Å². The summed E-state index contributed by atoms with van der Waals surface area (Å²) in [6, 6.07) is 20.8. The molecule has 1 aliphatic rings. The Labute approximate surface area is 215 Å². The van der Waals surface area contributed by atoms with Crippen molar-refractivity contribution in [2.75, 3.05) is 26.7 Å². The number of rotatable bonds is 8. The highest BCUT2D eigenvalue weighted by Crippen LogP contribution is 2.33. The smallest absolute Gasteiger partial charge is 0.269 e. The Morgan fingerprint density at radius 1 is 0.943 bits per heavy atom. The fourth-order valence-electron chi connectivity index (χ4n) is 4.65. The van der Waals surface area contributed by atoms with Crippen molar-refractivity contribution >= 4 is 34.8 Å². The van der Waals surface area contributed by atoms with Gasteiger partial charge in [0.05, 0.1) is 16.9 Å². The first-order chi connectivity index (χ1) is 16.8. The van der Waals surface area contributed by atoms with Crippen molar-refractivity contribution in [2.45, 2.75) is 24.8 Å². The number of nitro groups is 1. The predicted octanol–water partition coefficient (Wildman–Crippen LogP) is 6.33. The number of benzene rings is 3. The zero-order valence-corrected chi connectivity index (χ0v) is 21.0. The lowest BCUT2D eigenvalue weighted by molar-refractivity contribution is -0.385. The van der Waals surface area contributed by atoms with Crippen molar-refractivity contribution in [3.05, 3.63) is 110 Å². The van der Waals surface area contributed by atoms with Crippen molar-refractivity contribution in [2.24, 2.45) is 0 Å². The van der Waals surface area contributed by atoms with Crippen LogP contribution in [0.2, 0.25) is 10.0 Å². The summed E-state index contributed by atoms with van der Waals surface area (Å²) in [5, 5.41) is 12.6. The lowest BCUT2D eigenvalue weighted by Crippen LogP contribution is -2.41.